The fourth-order valence-electron chi connectivity index (χ4n) is 1.91. The molecule has 0 unspecified atom stereocenters. The van der Waals surface area contributed by atoms with E-state index in [0.717, 1.165) is 28.9 Å². The minimum Gasteiger partial charge on any atom is -0.489 e. The molecule has 1 aromatic rings. The smallest absolute Gasteiger partial charge is 0.138 e. The Balaban J connectivity index is 2.07. The highest BCUT2D eigenvalue weighted by Gasteiger charge is 2.17. The van der Waals surface area contributed by atoms with Gasteiger partial charge < -0.3 is 4.74 Å². The number of alkyl halides is 1. The van der Waals surface area contributed by atoms with Gasteiger partial charge in [0.1, 0.15) is 5.75 Å². The second kappa shape index (κ2) is 5.22. The second-order valence-electron chi connectivity index (χ2n) is 3.92. The summed E-state index contributed by atoms with van der Waals surface area (Å²) in [5.74, 6) is 0.827. The molecule has 0 aromatic heterocycles. The fraction of sp³-hybridized carbons (Fsp3) is 0.500. The molecule has 1 nitrogen and oxygen atoms in total. The van der Waals surface area contributed by atoms with Crippen LogP contribution in [0.25, 0.3) is 0 Å². The summed E-state index contributed by atoms with van der Waals surface area (Å²) in [6, 6.07) is 5.97. The lowest BCUT2D eigenvalue weighted by Crippen LogP contribution is -2.11. The summed E-state index contributed by atoms with van der Waals surface area (Å²) in [5.41, 5.74) is 1.18. The number of halogens is 2. The molecule has 0 spiro atoms. The summed E-state index contributed by atoms with van der Waals surface area (Å²) >= 11 is 9.55. The van der Waals surface area contributed by atoms with Crippen molar-refractivity contribution in [2.75, 3.05) is 0 Å². The first-order valence-electron chi connectivity index (χ1n) is 5.30. The van der Waals surface area contributed by atoms with E-state index in [-0.39, 0.29) is 0 Å². The van der Waals surface area contributed by atoms with Gasteiger partial charge in [-0.1, -0.05) is 33.6 Å². The molecule has 0 heterocycles. The Kier molecular flexibility index (Phi) is 3.92. The standard InChI is InChI=1S/C12H14BrClO/c13-8-9-5-6-12(11(14)7-9)15-10-3-1-2-4-10/h5-7,10H,1-4,8H2. The van der Waals surface area contributed by atoms with Crippen LogP contribution in [0.3, 0.4) is 0 Å². The summed E-state index contributed by atoms with van der Waals surface area (Å²) < 4.78 is 5.86. The number of hydrogen-bond donors (Lipinski definition) is 0. The monoisotopic (exact) mass is 288 g/mol. The molecule has 2 rings (SSSR count). The van der Waals surface area contributed by atoms with Crippen LogP contribution in [0.15, 0.2) is 18.2 Å². The highest BCUT2D eigenvalue weighted by Crippen LogP contribution is 2.30. The predicted molar refractivity (Wildman–Crippen MR) is 67.0 cm³/mol. The van der Waals surface area contributed by atoms with Crippen molar-refractivity contribution in [1.82, 2.24) is 0 Å². The lowest BCUT2D eigenvalue weighted by molar-refractivity contribution is 0.210. The van der Waals surface area contributed by atoms with E-state index in [0.29, 0.717) is 6.10 Å². The molecule has 3 heteroatoms. The highest BCUT2D eigenvalue weighted by molar-refractivity contribution is 9.08. The molecule has 15 heavy (non-hydrogen) atoms. The van der Waals surface area contributed by atoms with Crippen molar-refractivity contribution in [1.29, 1.82) is 0 Å². The van der Waals surface area contributed by atoms with Crippen LogP contribution in [0.2, 0.25) is 5.02 Å². The third-order valence-electron chi connectivity index (χ3n) is 2.75. The van der Waals surface area contributed by atoms with E-state index in [1.165, 1.54) is 18.4 Å². The molecule has 1 aliphatic rings. The lowest BCUT2D eigenvalue weighted by Gasteiger charge is -2.14. The summed E-state index contributed by atoms with van der Waals surface area (Å²) in [4.78, 5) is 0. The van der Waals surface area contributed by atoms with Crippen molar-refractivity contribution in [3.63, 3.8) is 0 Å². The van der Waals surface area contributed by atoms with Gasteiger partial charge in [0.25, 0.3) is 0 Å². The largest absolute Gasteiger partial charge is 0.489 e. The molecule has 1 saturated carbocycles. The van der Waals surface area contributed by atoms with Gasteiger partial charge in [-0.15, -0.1) is 0 Å². The van der Waals surface area contributed by atoms with Crippen molar-refractivity contribution in [3.8, 4) is 5.75 Å². The van der Waals surface area contributed by atoms with Crippen LogP contribution in [-0.2, 0) is 5.33 Å². The van der Waals surface area contributed by atoms with Gasteiger partial charge in [0.2, 0.25) is 0 Å². The summed E-state index contributed by atoms with van der Waals surface area (Å²) in [7, 11) is 0. The number of hydrogen-bond acceptors (Lipinski definition) is 1. The van der Waals surface area contributed by atoms with E-state index < -0.39 is 0 Å². The van der Waals surface area contributed by atoms with Gasteiger partial charge in [-0.3, -0.25) is 0 Å². The Morgan fingerprint density at radius 3 is 2.67 bits per heavy atom. The molecule has 0 N–H and O–H groups in total. The molecule has 0 atom stereocenters. The van der Waals surface area contributed by atoms with Crippen LogP contribution < -0.4 is 4.74 Å². The molecule has 0 bridgehead atoms. The average molecular weight is 290 g/mol. The van der Waals surface area contributed by atoms with Gasteiger partial charge in [0, 0.05) is 5.33 Å². The zero-order valence-corrected chi connectivity index (χ0v) is 10.9. The minimum atomic E-state index is 0.373. The fourth-order valence-corrected chi connectivity index (χ4v) is 2.51. The van der Waals surface area contributed by atoms with Crippen molar-refractivity contribution >= 4 is 27.5 Å². The summed E-state index contributed by atoms with van der Waals surface area (Å²) in [6.45, 7) is 0. The molecular weight excluding hydrogens is 275 g/mol. The molecule has 1 aromatic carbocycles. The highest BCUT2D eigenvalue weighted by atomic mass is 79.9. The molecule has 82 valence electrons. The van der Waals surface area contributed by atoms with Gasteiger partial charge in [-0.25, -0.2) is 0 Å². The number of ether oxygens (including phenoxy) is 1. The molecular formula is C12H14BrClO. The van der Waals surface area contributed by atoms with Gasteiger partial charge in [0.15, 0.2) is 0 Å². The SMILES string of the molecule is Clc1cc(CBr)ccc1OC1CCCC1. The van der Waals surface area contributed by atoms with E-state index in [9.17, 15) is 0 Å². The quantitative estimate of drug-likeness (QED) is 0.741. The maximum Gasteiger partial charge on any atom is 0.138 e. The van der Waals surface area contributed by atoms with E-state index in [1.807, 2.05) is 18.2 Å². The summed E-state index contributed by atoms with van der Waals surface area (Å²) in [6.07, 6.45) is 5.26. The van der Waals surface area contributed by atoms with Crippen LogP contribution in [0.5, 0.6) is 5.75 Å². The van der Waals surface area contributed by atoms with Crippen LogP contribution in [-0.4, -0.2) is 6.10 Å². The molecule has 0 radical (unpaired) electrons. The Morgan fingerprint density at radius 1 is 1.33 bits per heavy atom. The molecule has 0 saturated heterocycles. The molecule has 1 aliphatic carbocycles. The number of rotatable bonds is 3. The predicted octanol–water partition coefficient (Wildman–Crippen LogP) is 4.56. The first-order valence-corrected chi connectivity index (χ1v) is 6.80. The van der Waals surface area contributed by atoms with Crippen molar-refractivity contribution in [3.05, 3.63) is 28.8 Å². The maximum atomic E-state index is 6.14. The van der Waals surface area contributed by atoms with E-state index >= 15 is 0 Å². The third kappa shape index (κ3) is 2.88. The molecule has 1 fully saturated rings. The van der Waals surface area contributed by atoms with Gasteiger partial charge in [-0.05, 0) is 43.4 Å². The summed E-state index contributed by atoms with van der Waals surface area (Å²) in [5, 5.41) is 1.55. The lowest BCUT2D eigenvalue weighted by atomic mass is 10.2. The van der Waals surface area contributed by atoms with Crippen molar-refractivity contribution < 1.29 is 4.74 Å². The Hall–Kier alpha value is -0.210. The van der Waals surface area contributed by atoms with Gasteiger partial charge in [0.05, 0.1) is 11.1 Å². The average Bonchev–Trinajstić information content (AvgIpc) is 2.74. The number of benzene rings is 1. The van der Waals surface area contributed by atoms with Crippen LogP contribution >= 0.6 is 27.5 Å². The van der Waals surface area contributed by atoms with Crippen LogP contribution in [0, 0.1) is 0 Å². The Bertz CT molecular complexity index is 334. The van der Waals surface area contributed by atoms with Gasteiger partial charge in [-0.2, -0.15) is 0 Å². The molecule has 0 aliphatic heterocycles. The topological polar surface area (TPSA) is 9.23 Å². The Morgan fingerprint density at radius 2 is 2.07 bits per heavy atom. The maximum absolute atomic E-state index is 6.14. The first kappa shape index (κ1) is 11.3. The zero-order valence-electron chi connectivity index (χ0n) is 8.51. The van der Waals surface area contributed by atoms with E-state index in [1.54, 1.807) is 0 Å². The van der Waals surface area contributed by atoms with Crippen molar-refractivity contribution in [2.45, 2.75) is 37.1 Å². The second-order valence-corrected chi connectivity index (χ2v) is 4.89. The van der Waals surface area contributed by atoms with Crippen molar-refractivity contribution in [2.24, 2.45) is 0 Å². The van der Waals surface area contributed by atoms with Crippen LogP contribution in [0.1, 0.15) is 31.2 Å². The Labute approximate surface area is 104 Å². The normalized spacial score (nSPS) is 16.9. The van der Waals surface area contributed by atoms with E-state index in [2.05, 4.69) is 15.9 Å². The van der Waals surface area contributed by atoms with Crippen LogP contribution in [0.4, 0.5) is 0 Å². The molecule has 0 amide bonds. The van der Waals surface area contributed by atoms with Gasteiger partial charge >= 0.3 is 0 Å². The first-order chi connectivity index (χ1) is 7.29. The third-order valence-corrected chi connectivity index (χ3v) is 3.69. The zero-order chi connectivity index (χ0) is 10.7. The minimum absolute atomic E-state index is 0.373. The van der Waals surface area contributed by atoms with E-state index in [4.69, 9.17) is 16.3 Å².